The molecule has 2 fully saturated rings. The van der Waals surface area contributed by atoms with E-state index in [4.69, 9.17) is 0 Å². The number of aromatic nitrogens is 3. The lowest BCUT2D eigenvalue weighted by Crippen LogP contribution is -2.51. The molecule has 33 heavy (non-hydrogen) atoms. The molecule has 5 rings (SSSR count). The van der Waals surface area contributed by atoms with Crippen molar-refractivity contribution in [3.63, 3.8) is 0 Å². The molecule has 2 aliphatic rings. The first-order valence-corrected chi connectivity index (χ1v) is 11.3. The third-order valence-electron chi connectivity index (χ3n) is 6.44. The van der Waals surface area contributed by atoms with Crippen molar-refractivity contribution in [2.24, 2.45) is 0 Å². The number of hydrogen-bond acceptors (Lipinski definition) is 6. The fourth-order valence-corrected chi connectivity index (χ4v) is 4.47. The van der Waals surface area contributed by atoms with Crippen LogP contribution >= 0.6 is 0 Å². The molecule has 1 N–H and O–H groups in total. The second kappa shape index (κ2) is 8.42. The van der Waals surface area contributed by atoms with Crippen LogP contribution in [0.5, 0.6) is 0 Å². The van der Waals surface area contributed by atoms with Crippen LogP contribution in [0, 0.1) is 19.7 Å². The van der Waals surface area contributed by atoms with Crippen molar-refractivity contribution >= 4 is 23.4 Å². The van der Waals surface area contributed by atoms with Gasteiger partial charge in [-0.1, -0.05) is 12.1 Å². The molecule has 0 unspecified atom stereocenters. The summed E-state index contributed by atoms with van der Waals surface area (Å²) in [4.78, 5) is 30.9. The zero-order valence-electron chi connectivity index (χ0n) is 18.9. The van der Waals surface area contributed by atoms with E-state index in [-0.39, 0.29) is 11.7 Å². The van der Waals surface area contributed by atoms with Gasteiger partial charge in [-0.15, -0.1) is 0 Å². The average Bonchev–Trinajstić information content (AvgIpc) is 3.61. The molecule has 1 aromatic carbocycles. The van der Waals surface area contributed by atoms with E-state index >= 15 is 0 Å². The van der Waals surface area contributed by atoms with Crippen molar-refractivity contribution in [1.82, 2.24) is 19.9 Å². The molecule has 0 bridgehead atoms. The number of halogens is 1. The van der Waals surface area contributed by atoms with Gasteiger partial charge in [-0.3, -0.25) is 4.79 Å². The highest BCUT2D eigenvalue weighted by Gasteiger charge is 2.53. The van der Waals surface area contributed by atoms with Crippen molar-refractivity contribution in [2.75, 3.05) is 36.4 Å². The van der Waals surface area contributed by atoms with Gasteiger partial charge in [0.25, 0.3) is 0 Å². The molecule has 3 heterocycles. The fourth-order valence-electron chi connectivity index (χ4n) is 4.47. The van der Waals surface area contributed by atoms with E-state index < -0.39 is 5.41 Å². The topological polar surface area (TPSA) is 74.2 Å². The lowest BCUT2D eigenvalue weighted by molar-refractivity contribution is -0.134. The van der Waals surface area contributed by atoms with Crippen LogP contribution in [-0.2, 0) is 10.2 Å². The molecule has 1 aliphatic carbocycles. The van der Waals surface area contributed by atoms with Gasteiger partial charge >= 0.3 is 0 Å². The molecule has 7 nitrogen and oxygen atoms in total. The normalized spacial score (nSPS) is 17.1. The monoisotopic (exact) mass is 446 g/mol. The Balaban J connectivity index is 1.26. The molecule has 1 saturated heterocycles. The number of nitrogens with one attached hydrogen (secondary N) is 1. The number of carbonyl (C=O) groups excluding carboxylic acids is 1. The van der Waals surface area contributed by atoms with E-state index in [9.17, 15) is 9.18 Å². The number of piperazine rings is 1. The molecular formula is C25H27FN6O. The minimum absolute atomic E-state index is 0.153. The Morgan fingerprint density at radius 3 is 2.36 bits per heavy atom. The number of anilines is 3. The number of carbonyl (C=O) groups is 1. The summed E-state index contributed by atoms with van der Waals surface area (Å²) in [6.07, 6.45) is 3.41. The van der Waals surface area contributed by atoms with Crippen molar-refractivity contribution < 1.29 is 9.18 Å². The third kappa shape index (κ3) is 4.37. The molecule has 3 aromatic rings. The van der Waals surface area contributed by atoms with Crippen LogP contribution in [0.15, 0.2) is 48.7 Å². The number of aryl methyl sites for hydroxylation is 2. The highest BCUT2D eigenvalue weighted by atomic mass is 19.1. The van der Waals surface area contributed by atoms with E-state index in [0.717, 1.165) is 35.6 Å². The zero-order chi connectivity index (χ0) is 23.0. The van der Waals surface area contributed by atoms with Crippen molar-refractivity contribution in [3.05, 3.63) is 71.4 Å². The fraction of sp³-hybridized carbons (Fsp3) is 0.360. The van der Waals surface area contributed by atoms with E-state index in [0.29, 0.717) is 37.8 Å². The lowest BCUT2D eigenvalue weighted by atomic mass is 9.94. The van der Waals surface area contributed by atoms with Gasteiger partial charge in [0.2, 0.25) is 5.91 Å². The van der Waals surface area contributed by atoms with Gasteiger partial charge in [-0.25, -0.2) is 19.3 Å². The maximum Gasteiger partial charge on any atom is 0.233 e. The first kappa shape index (κ1) is 21.3. The number of rotatable bonds is 5. The van der Waals surface area contributed by atoms with Crippen LogP contribution in [0.25, 0.3) is 0 Å². The van der Waals surface area contributed by atoms with Crippen molar-refractivity contribution in [2.45, 2.75) is 32.1 Å². The highest BCUT2D eigenvalue weighted by Crippen LogP contribution is 2.49. The van der Waals surface area contributed by atoms with Gasteiger partial charge in [0, 0.05) is 38.4 Å². The number of hydrogen-bond donors (Lipinski definition) is 1. The summed E-state index contributed by atoms with van der Waals surface area (Å²) in [5.74, 6) is 2.83. The minimum atomic E-state index is -0.473. The van der Waals surface area contributed by atoms with Gasteiger partial charge in [0.05, 0.1) is 5.41 Å². The van der Waals surface area contributed by atoms with Crippen molar-refractivity contribution in [1.29, 1.82) is 0 Å². The maximum absolute atomic E-state index is 13.3. The van der Waals surface area contributed by atoms with Crippen LogP contribution in [0.3, 0.4) is 0 Å². The zero-order valence-corrected chi connectivity index (χ0v) is 18.9. The van der Waals surface area contributed by atoms with Gasteiger partial charge in [-0.2, -0.15) is 0 Å². The highest BCUT2D eigenvalue weighted by molar-refractivity contribution is 5.91. The van der Waals surface area contributed by atoms with Crippen LogP contribution in [0.2, 0.25) is 0 Å². The average molecular weight is 447 g/mol. The standard InChI is InChI=1S/C25H27FN6O/c1-17-7-10-27-21(15-17)30-22-16-23(29-18(2)28-22)31-11-13-32(14-12-31)24(33)25(8-9-25)19-3-5-20(26)6-4-19/h3-7,10,15-16H,8-9,11-14H2,1-2H3,(H,27,28,29,30). The van der Waals surface area contributed by atoms with Gasteiger partial charge in [0.1, 0.15) is 29.1 Å². The summed E-state index contributed by atoms with van der Waals surface area (Å²) < 4.78 is 13.3. The summed E-state index contributed by atoms with van der Waals surface area (Å²) in [7, 11) is 0. The smallest absolute Gasteiger partial charge is 0.233 e. The van der Waals surface area contributed by atoms with Gasteiger partial charge in [-0.05, 0) is 62.1 Å². The second-order valence-electron chi connectivity index (χ2n) is 8.87. The SMILES string of the molecule is Cc1ccnc(Nc2cc(N3CCN(C(=O)C4(c5ccc(F)cc5)CC4)CC3)nc(C)n2)c1. The van der Waals surface area contributed by atoms with E-state index in [1.54, 1.807) is 18.3 Å². The van der Waals surface area contributed by atoms with Crippen LogP contribution < -0.4 is 10.2 Å². The molecule has 0 radical (unpaired) electrons. The molecule has 2 aromatic heterocycles. The summed E-state index contributed by atoms with van der Waals surface area (Å²) in [5.41, 5.74) is 1.57. The summed E-state index contributed by atoms with van der Waals surface area (Å²) in [6.45, 7) is 6.55. The van der Waals surface area contributed by atoms with Crippen LogP contribution in [0.1, 0.15) is 29.8 Å². The number of benzene rings is 1. The van der Waals surface area contributed by atoms with E-state index in [1.807, 2.05) is 36.9 Å². The number of pyridine rings is 1. The Hall–Kier alpha value is -3.55. The van der Waals surface area contributed by atoms with Gasteiger partial charge in [0.15, 0.2) is 0 Å². The first-order valence-electron chi connectivity index (χ1n) is 11.3. The molecule has 0 spiro atoms. The Morgan fingerprint density at radius 2 is 1.70 bits per heavy atom. The second-order valence-corrected chi connectivity index (χ2v) is 8.87. The molecule has 1 aliphatic heterocycles. The summed E-state index contributed by atoms with van der Waals surface area (Å²) in [5, 5.41) is 3.26. The first-order chi connectivity index (χ1) is 15.9. The number of nitrogens with zero attached hydrogens (tertiary/aromatic N) is 5. The predicted molar refractivity (Wildman–Crippen MR) is 125 cm³/mol. The predicted octanol–water partition coefficient (Wildman–Crippen LogP) is 3.75. The lowest BCUT2D eigenvalue weighted by Gasteiger charge is -2.37. The van der Waals surface area contributed by atoms with Crippen LogP contribution in [-0.4, -0.2) is 51.9 Å². The molecule has 1 amide bonds. The van der Waals surface area contributed by atoms with E-state index in [2.05, 4.69) is 25.2 Å². The van der Waals surface area contributed by atoms with Crippen LogP contribution in [0.4, 0.5) is 21.8 Å². The summed E-state index contributed by atoms with van der Waals surface area (Å²) in [6, 6.07) is 12.2. The molecule has 8 heteroatoms. The largest absolute Gasteiger partial charge is 0.353 e. The Bertz CT molecular complexity index is 1170. The molecule has 1 saturated carbocycles. The number of amides is 1. The van der Waals surface area contributed by atoms with Crippen molar-refractivity contribution in [3.8, 4) is 0 Å². The molecular weight excluding hydrogens is 419 g/mol. The Morgan fingerprint density at radius 1 is 0.970 bits per heavy atom. The summed E-state index contributed by atoms with van der Waals surface area (Å²) >= 11 is 0. The Labute approximate surface area is 192 Å². The Kier molecular flexibility index (Phi) is 5.44. The minimum Gasteiger partial charge on any atom is -0.353 e. The van der Waals surface area contributed by atoms with Gasteiger partial charge < -0.3 is 15.1 Å². The maximum atomic E-state index is 13.3. The third-order valence-corrected chi connectivity index (χ3v) is 6.44. The molecule has 170 valence electrons. The molecule has 0 atom stereocenters. The van der Waals surface area contributed by atoms with E-state index in [1.165, 1.54) is 12.1 Å². The quantitative estimate of drug-likeness (QED) is 0.644.